The van der Waals surface area contributed by atoms with Crippen LogP contribution in [-0.4, -0.2) is 58.0 Å². The predicted molar refractivity (Wildman–Crippen MR) is 150 cm³/mol. The molecule has 1 fully saturated rings. The number of aromatic nitrogens is 3. The van der Waals surface area contributed by atoms with Crippen LogP contribution in [0.5, 0.6) is 11.5 Å². The first kappa shape index (κ1) is 30.7. The number of carbonyl (C=O) groups excluding carboxylic acids is 2. The number of benzene rings is 1. The number of primary amides is 1. The highest BCUT2D eigenvalue weighted by atomic mass is 19.4. The van der Waals surface area contributed by atoms with E-state index in [1.54, 1.807) is 6.92 Å². The summed E-state index contributed by atoms with van der Waals surface area (Å²) in [7, 11) is 1.39. The topological polar surface area (TPSA) is 141 Å². The van der Waals surface area contributed by atoms with Crippen LogP contribution in [0, 0.1) is 5.82 Å². The van der Waals surface area contributed by atoms with Crippen LogP contribution in [0.15, 0.2) is 48.7 Å². The Bertz CT molecular complexity index is 1720. The molecule has 0 spiro atoms. The zero-order chi connectivity index (χ0) is 31.8. The van der Waals surface area contributed by atoms with E-state index in [1.165, 1.54) is 36.0 Å². The largest absolute Gasteiger partial charge is 0.494 e. The molecular formula is C30H29F4N5O5. The van der Waals surface area contributed by atoms with Gasteiger partial charge in [-0.3, -0.25) is 9.59 Å². The van der Waals surface area contributed by atoms with Crippen molar-refractivity contribution in [1.29, 1.82) is 0 Å². The van der Waals surface area contributed by atoms with Gasteiger partial charge in [-0.05, 0) is 62.2 Å². The van der Waals surface area contributed by atoms with Gasteiger partial charge in [0.2, 0.25) is 11.5 Å². The minimum atomic E-state index is -5.35. The van der Waals surface area contributed by atoms with Crippen molar-refractivity contribution < 1.29 is 41.7 Å². The van der Waals surface area contributed by atoms with Crippen molar-refractivity contribution in [2.24, 2.45) is 5.73 Å². The summed E-state index contributed by atoms with van der Waals surface area (Å²) < 4.78 is 70.0. The number of rotatable bonds is 11. The lowest BCUT2D eigenvalue weighted by atomic mass is 9.93. The number of fused-ring (bicyclic) bond motifs is 1. The molecule has 3 aromatic heterocycles. The van der Waals surface area contributed by atoms with Gasteiger partial charge in [0.05, 0.1) is 43.6 Å². The van der Waals surface area contributed by atoms with Crippen molar-refractivity contribution in [2.75, 3.05) is 20.3 Å². The van der Waals surface area contributed by atoms with E-state index >= 15 is 0 Å². The summed E-state index contributed by atoms with van der Waals surface area (Å²) >= 11 is 0. The van der Waals surface area contributed by atoms with Gasteiger partial charge in [0, 0.05) is 23.2 Å². The number of nitrogens with two attached hydrogens (primary N) is 1. The third kappa shape index (κ3) is 6.02. The second-order valence-electron chi connectivity index (χ2n) is 10.4. The number of hydrogen-bond donors (Lipinski definition) is 3. The molecule has 0 unspecified atom stereocenters. The van der Waals surface area contributed by atoms with Gasteiger partial charge < -0.3 is 25.6 Å². The molecule has 2 amide bonds. The quantitative estimate of drug-likeness (QED) is 0.217. The lowest BCUT2D eigenvalue weighted by Crippen LogP contribution is -2.51. The number of pyridine rings is 2. The second-order valence-corrected chi connectivity index (χ2v) is 10.4. The highest BCUT2D eigenvalue weighted by Crippen LogP contribution is 2.42. The van der Waals surface area contributed by atoms with E-state index in [0.717, 1.165) is 36.7 Å². The molecule has 1 saturated carbocycles. The third-order valence-corrected chi connectivity index (χ3v) is 7.25. The van der Waals surface area contributed by atoms with Gasteiger partial charge >= 0.3 is 6.18 Å². The summed E-state index contributed by atoms with van der Waals surface area (Å²) in [6.07, 6.45) is -2.57. The van der Waals surface area contributed by atoms with Gasteiger partial charge in [0.25, 0.3) is 5.91 Å². The zero-order valence-corrected chi connectivity index (χ0v) is 23.7. The van der Waals surface area contributed by atoms with Crippen molar-refractivity contribution in [3.8, 4) is 22.8 Å². The first-order chi connectivity index (χ1) is 20.8. The molecular weight excluding hydrogens is 586 g/mol. The molecule has 1 aliphatic rings. The van der Waals surface area contributed by atoms with E-state index in [1.807, 2.05) is 6.07 Å². The molecule has 5 rings (SSSR count). The van der Waals surface area contributed by atoms with Gasteiger partial charge in [-0.2, -0.15) is 18.3 Å². The number of nitrogens with one attached hydrogen (secondary N) is 1. The number of ether oxygens (including phenoxy) is 2. The van der Waals surface area contributed by atoms with Crippen molar-refractivity contribution in [3.05, 3.63) is 77.0 Å². The molecule has 0 bridgehead atoms. The van der Waals surface area contributed by atoms with E-state index in [9.17, 15) is 32.3 Å². The molecule has 0 saturated heterocycles. The highest BCUT2D eigenvalue weighted by Gasteiger charge is 2.56. The number of nitrogens with zero attached hydrogens (tertiary/aromatic N) is 3. The molecule has 10 nitrogen and oxygen atoms in total. The first-order valence-electron chi connectivity index (χ1n) is 13.7. The molecule has 1 aliphatic carbocycles. The highest BCUT2D eigenvalue weighted by molar-refractivity contribution is 5.95. The first-order valence-corrected chi connectivity index (χ1v) is 13.7. The number of aliphatic hydroxyl groups is 1. The molecule has 1 atom stereocenters. The Labute approximate surface area is 248 Å². The van der Waals surface area contributed by atoms with Crippen molar-refractivity contribution in [2.45, 2.75) is 43.9 Å². The van der Waals surface area contributed by atoms with Gasteiger partial charge in [-0.1, -0.05) is 0 Å². The fourth-order valence-corrected chi connectivity index (χ4v) is 4.82. The summed E-state index contributed by atoms with van der Waals surface area (Å²) in [6, 6.07) is 8.73. The average Bonchev–Trinajstić information content (AvgIpc) is 3.74. The Hall–Kier alpha value is -4.72. The maximum atomic E-state index is 14.6. The van der Waals surface area contributed by atoms with Crippen molar-refractivity contribution >= 4 is 17.3 Å². The van der Waals surface area contributed by atoms with Crippen LogP contribution in [0.1, 0.15) is 53.0 Å². The van der Waals surface area contributed by atoms with Gasteiger partial charge in [0.15, 0.2) is 0 Å². The monoisotopic (exact) mass is 615 g/mol. The standard InChI is InChI=1S/C30H29F4N5O5/c1-3-44-27-18(12-25(35)40)11-24(37-26(27)17-6-8-20(31)9-7-17)29(42,30(32,33)34)15-36-28(41)19-10-23(43-2)22-13-21(16-4-5-16)38-39(22)14-19/h6-11,13-14,16,42H,3-5,12,15H2,1-2H3,(H2,35,40)(H,36,41)/t29-/m0/s1. The second kappa shape index (κ2) is 11.8. The molecule has 232 valence electrons. The summed E-state index contributed by atoms with van der Waals surface area (Å²) in [5, 5.41) is 17.8. The SMILES string of the molecule is CCOc1c(CC(N)=O)cc([C@@](O)(CNC(=O)c2cc(OC)c3cc(C4CC4)nn3c2)C(F)(F)F)nc1-c1ccc(F)cc1. The summed E-state index contributed by atoms with van der Waals surface area (Å²) in [5.41, 5.74) is 1.93. The maximum absolute atomic E-state index is 14.6. The van der Waals surface area contributed by atoms with Crippen LogP contribution in [0.2, 0.25) is 0 Å². The lowest BCUT2D eigenvalue weighted by molar-refractivity contribution is -0.265. The van der Waals surface area contributed by atoms with Gasteiger partial charge in [-0.25, -0.2) is 13.9 Å². The zero-order valence-electron chi connectivity index (χ0n) is 23.7. The smallest absolute Gasteiger partial charge is 0.424 e. The van der Waals surface area contributed by atoms with Crippen LogP contribution in [0.3, 0.4) is 0 Å². The summed E-state index contributed by atoms with van der Waals surface area (Å²) in [5.74, 6) is -1.90. The van der Waals surface area contributed by atoms with E-state index < -0.39 is 48.1 Å². The number of amides is 2. The Kier molecular flexibility index (Phi) is 8.21. The average molecular weight is 616 g/mol. The molecule has 4 N–H and O–H groups in total. The van der Waals surface area contributed by atoms with Crippen LogP contribution in [0.4, 0.5) is 17.6 Å². The van der Waals surface area contributed by atoms with E-state index in [0.29, 0.717) is 11.4 Å². The molecule has 4 aromatic rings. The fraction of sp³-hybridized carbons (Fsp3) is 0.333. The Morgan fingerprint density at radius 3 is 2.45 bits per heavy atom. The number of halogens is 4. The number of methoxy groups -OCH3 is 1. The van der Waals surface area contributed by atoms with Gasteiger partial charge in [-0.15, -0.1) is 0 Å². The fourth-order valence-electron chi connectivity index (χ4n) is 4.82. The minimum Gasteiger partial charge on any atom is -0.494 e. The van der Waals surface area contributed by atoms with Crippen molar-refractivity contribution in [3.63, 3.8) is 0 Å². The number of alkyl halides is 3. The predicted octanol–water partition coefficient (Wildman–Crippen LogP) is 4.03. The Morgan fingerprint density at radius 2 is 1.86 bits per heavy atom. The van der Waals surface area contributed by atoms with Crippen molar-refractivity contribution in [1.82, 2.24) is 19.9 Å². The van der Waals surface area contributed by atoms with Gasteiger partial charge in [0.1, 0.15) is 28.5 Å². The van der Waals surface area contributed by atoms with Crippen LogP contribution in [0.25, 0.3) is 16.8 Å². The maximum Gasteiger partial charge on any atom is 0.424 e. The molecule has 3 heterocycles. The molecule has 0 radical (unpaired) electrons. The van der Waals surface area contributed by atoms with Crippen LogP contribution < -0.4 is 20.5 Å². The normalized spacial score (nSPS) is 14.7. The molecule has 14 heteroatoms. The summed E-state index contributed by atoms with van der Waals surface area (Å²) in [4.78, 5) is 29.1. The number of hydrogen-bond acceptors (Lipinski definition) is 7. The molecule has 1 aromatic carbocycles. The molecule has 44 heavy (non-hydrogen) atoms. The molecule has 0 aliphatic heterocycles. The Balaban J connectivity index is 1.54. The van der Waals surface area contributed by atoms with E-state index in [4.69, 9.17) is 15.2 Å². The lowest BCUT2D eigenvalue weighted by Gasteiger charge is -2.31. The number of carbonyl (C=O) groups is 2. The minimum absolute atomic E-state index is 0.0484. The summed E-state index contributed by atoms with van der Waals surface area (Å²) in [6.45, 7) is 0.315. The van der Waals surface area contributed by atoms with Crippen LogP contribution in [-0.2, 0) is 16.8 Å². The Morgan fingerprint density at radius 1 is 1.16 bits per heavy atom. The van der Waals surface area contributed by atoms with E-state index in [2.05, 4.69) is 15.4 Å². The van der Waals surface area contributed by atoms with Crippen LogP contribution >= 0.6 is 0 Å². The third-order valence-electron chi connectivity index (χ3n) is 7.25. The van der Waals surface area contributed by atoms with E-state index in [-0.39, 0.29) is 40.5 Å².